The summed E-state index contributed by atoms with van der Waals surface area (Å²) in [5, 5.41) is 8.89. The van der Waals surface area contributed by atoms with E-state index in [1.54, 1.807) is 0 Å². The van der Waals surface area contributed by atoms with Gasteiger partial charge >= 0.3 is 0 Å². The average Bonchev–Trinajstić information content (AvgIpc) is 2.17. The summed E-state index contributed by atoms with van der Waals surface area (Å²) in [6.45, 7) is 1.39. The lowest BCUT2D eigenvalue weighted by Crippen LogP contribution is -2.27. The zero-order valence-corrected chi connectivity index (χ0v) is 9.10. The summed E-state index contributed by atoms with van der Waals surface area (Å²) < 4.78 is 26.5. The van der Waals surface area contributed by atoms with Gasteiger partial charge in [-0.1, -0.05) is 24.3 Å². The van der Waals surface area contributed by atoms with Crippen molar-refractivity contribution in [3.63, 3.8) is 0 Å². The van der Waals surface area contributed by atoms with Crippen molar-refractivity contribution in [3.8, 4) is 0 Å². The Hall–Kier alpha value is -0.710. The maximum Gasteiger partial charge on any atom is 0.298 e. The van der Waals surface area contributed by atoms with Crippen molar-refractivity contribution in [3.05, 3.63) is 35.4 Å². The number of hydrogen-bond acceptors (Lipinski definition) is 2. The van der Waals surface area contributed by atoms with Gasteiger partial charge in [0.15, 0.2) is 0 Å². The number of alkyl halides is 2. The molecule has 5 heteroatoms. The second-order valence-electron chi connectivity index (χ2n) is 3.20. The quantitative estimate of drug-likeness (QED) is 0.845. The van der Waals surface area contributed by atoms with Crippen LogP contribution in [-0.4, -0.2) is 11.2 Å². The lowest BCUT2D eigenvalue weighted by molar-refractivity contribution is -0.106. The predicted molar refractivity (Wildman–Crippen MR) is 57.2 cm³/mol. The first-order chi connectivity index (χ1) is 6.48. The minimum Gasteiger partial charge on any atom is -0.387 e. The van der Waals surface area contributed by atoms with Crippen molar-refractivity contribution in [1.29, 1.82) is 0 Å². The van der Waals surface area contributed by atoms with Gasteiger partial charge in [-0.15, -0.1) is 12.4 Å². The number of halogens is 3. The fraction of sp³-hybridized carbons (Fsp3) is 0.400. The van der Waals surface area contributed by atoms with Crippen molar-refractivity contribution in [1.82, 2.24) is 0 Å². The van der Waals surface area contributed by atoms with Gasteiger partial charge in [-0.2, -0.15) is 8.78 Å². The van der Waals surface area contributed by atoms with Crippen molar-refractivity contribution in [2.75, 3.05) is 0 Å². The van der Waals surface area contributed by atoms with Crippen molar-refractivity contribution < 1.29 is 13.9 Å². The summed E-state index contributed by atoms with van der Waals surface area (Å²) in [4.78, 5) is 0. The SMILES string of the molecule is CC(O)C(F)(F)c1ccc(CN)cc1.Cl. The normalized spacial score (nSPS) is 13.1. The van der Waals surface area contributed by atoms with Gasteiger partial charge in [0.1, 0.15) is 6.10 Å². The van der Waals surface area contributed by atoms with Crippen LogP contribution in [-0.2, 0) is 12.5 Å². The number of aliphatic hydroxyl groups is 1. The molecule has 0 spiro atoms. The number of hydrogen-bond donors (Lipinski definition) is 2. The van der Waals surface area contributed by atoms with Gasteiger partial charge in [0.05, 0.1) is 0 Å². The molecule has 86 valence electrons. The molecule has 3 N–H and O–H groups in total. The molecule has 1 aromatic carbocycles. The predicted octanol–water partition coefficient (Wildman–Crippen LogP) is 2.04. The average molecular weight is 238 g/mol. The van der Waals surface area contributed by atoms with E-state index < -0.39 is 12.0 Å². The van der Waals surface area contributed by atoms with Gasteiger partial charge in [0.2, 0.25) is 0 Å². The first-order valence-electron chi connectivity index (χ1n) is 4.34. The van der Waals surface area contributed by atoms with Gasteiger partial charge in [0, 0.05) is 12.1 Å². The minimum absolute atomic E-state index is 0. The standard InChI is InChI=1S/C10H13F2NO.ClH/c1-7(14)10(11,12)9-4-2-8(6-13)3-5-9;/h2-5,7,14H,6,13H2,1H3;1H. The highest BCUT2D eigenvalue weighted by Crippen LogP contribution is 2.31. The van der Waals surface area contributed by atoms with Crippen LogP contribution in [0.3, 0.4) is 0 Å². The topological polar surface area (TPSA) is 46.2 Å². The van der Waals surface area contributed by atoms with E-state index in [9.17, 15) is 8.78 Å². The summed E-state index contributed by atoms with van der Waals surface area (Å²) in [6, 6.07) is 5.64. The van der Waals surface area contributed by atoms with E-state index >= 15 is 0 Å². The summed E-state index contributed by atoms with van der Waals surface area (Å²) in [5.74, 6) is -3.20. The molecule has 1 atom stereocenters. The molecular weight excluding hydrogens is 224 g/mol. The molecule has 0 radical (unpaired) electrons. The van der Waals surface area contributed by atoms with Crippen LogP contribution in [0.5, 0.6) is 0 Å². The number of rotatable bonds is 3. The Bertz CT molecular complexity index is 301. The summed E-state index contributed by atoms with van der Waals surface area (Å²) >= 11 is 0. The monoisotopic (exact) mass is 237 g/mol. The van der Waals surface area contributed by atoms with E-state index in [0.29, 0.717) is 6.54 Å². The van der Waals surface area contributed by atoms with Gasteiger partial charge in [0.25, 0.3) is 5.92 Å². The van der Waals surface area contributed by atoms with E-state index in [4.69, 9.17) is 10.8 Å². The van der Waals surface area contributed by atoms with Crippen LogP contribution in [0.15, 0.2) is 24.3 Å². The first kappa shape index (κ1) is 14.3. The summed E-state index contributed by atoms with van der Waals surface area (Å²) in [7, 11) is 0. The van der Waals surface area contributed by atoms with Gasteiger partial charge in [-0.25, -0.2) is 0 Å². The maximum absolute atomic E-state index is 13.2. The Morgan fingerprint density at radius 3 is 2.13 bits per heavy atom. The fourth-order valence-electron chi connectivity index (χ4n) is 1.10. The summed E-state index contributed by atoms with van der Waals surface area (Å²) in [5.41, 5.74) is 5.93. The lowest BCUT2D eigenvalue weighted by Gasteiger charge is -2.19. The van der Waals surface area contributed by atoms with Crippen LogP contribution in [0.4, 0.5) is 8.78 Å². The first-order valence-corrected chi connectivity index (χ1v) is 4.34. The third-order valence-electron chi connectivity index (χ3n) is 2.10. The molecule has 1 aromatic rings. The molecule has 1 unspecified atom stereocenters. The van der Waals surface area contributed by atoms with E-state index in [-0.39, 0.29) is 18.0 Å². The zero-order valence-electron chi connectivity index (χ0n) is 8.28. The molecule has 0 bridgehead atoms. The Labute approximate surface area is 93.5 Å². The molecule has 0 fully saturated rings. The maximum atomic E-state index is 13.2. The smallest absolute Gasteiger partial charge is 0.298 e. The zero-order chi connectivity index (χ0) is 10.8. The van der Waals surface area contributed by atoms with E-state index in [1.165, 1.54) is 24.3 Å². The number of nitrogens with two attached hydrogens (primary N) is 1. The molecule has 0 aliphatic heterocycles. The van der Waals surface area contributed by atoms with Crippen molar-refractivity contribution in [2.24, 2.45) is 5.73 Å². The Balaban J connectivity index is 0.00000196. The molecule has 0 aliphatic rings. The van der Waals surface area contributed by atoms with Crippen LogP contribution in [0.1, 0.15) is 18.1 Å². The van der Waals surface area contributed by atoms with Crippen molar-refractivity contribution in [2.45, 2.75) is 25.5 Å². The van der Waals surface area contributed by atoms with Crippen LogP contribution < -0.4 is 5.73 Å². The number of aliphatic hydroxyl groups excluding tert-OH is 1. The molecule has 0 amide bonds. The highest BCUT2D eigenvalue weighted by molar-refractivity contribution is 5.85. The largest absolute Gasteiger partial charge is 0.387 e. The third-order valence-corrected chi connectivity index (χ3v) is 2.10. The summed E-state index contributed by atoms with van der Waals surface area (Å²) in [6.07, 6.45) is -1.69. The highest BCUT2D eigenvalue weighted by atomic mass is 35.5. The molecule has 0 heterocycles. The van der Waals surface area contributed by atoms with Gasteiger partial charge in [-0.3, -0.25) is 0 Å². The second-order valence-corrected chi connectivity index (χ2v) is 3.20. The minimum atomic E-state index is -3.20. The molecule has 0 aromatic heterocycles. The van der Waals surface area contributed by atoms with Crippen LogP contribution >= 0.6 is 12.4 Å². The van der Waals surface area contributed by atoms with Gasteiger partial charge < -0.3 is 10.8 Å². The Kier molecular flexibility index (Phi) is 5.14. The molecule has 0 aliphatic carbocycles. The van der Waals surface area contributed by atoms with Gasteiger partial charge in [-0.05, 0) is 12.5 Å². The van der Waals surface area contributed by atoms with E-state index in [0.717, 1.165) is 12.5 Å². The molecular formula is C10H14ClF2NO. The fourth-order valence-corrected chi connectivity index (χ4v) is 1.10. The number of benzene rings is 1. The van der Waals surface area contributed by atoms with E-state index in [1.807, 2.05) is 0 Å². The molecule has 1 rings (SSSR count). The Morgan fingerprint density at radius 2 is 1.80 bits per heavy atom. The van der Waals surface area contributed by atoms with Crippen molar-refractivity contribution >= 4 is 12.4 Å². The molecule has 15 heavy (non-hydrogen) atoms. The van der Waals surface area contributed by atoms with Crippen LogP contribution in [0.2, 0.25) is 0 Å². The Morgan fingerprint density at radius 1 is 1.33 bits per heavy atom. The van der Waals surface area contributed by atoms with Crippen LogP contribution in [0.25, 0.3) is 0 Å². The molecule has 2 nitrogen and oxygen atoms in total. The molecule has 0 saturated heterocycles. The second kappa shape index (κ2) is 5.39. The van der Waals surface area contributed by atoms with E-state index in [2.05, 4.69) is 0 Å². The third kappa shape index (κ3) is 3.12. The lowest BCUT2D eigenvalue weighted by atomic mass is 10.0. The highest BCUT2D eigenvalue weighted by Gasteiger charge is 2.37. The van der Waals surface area contributed by atoms with Crippen LogP contribution in [0, 0.1) is 0 Å². The molecule has 0 saturated carbocycles.